The fraction of sp³-hybridized carbons (Fsp3) is 0.429. The van der Waals surface area contributed by atoms with Crippen LogP contribution in [0.2, 0.25) is 0 Å². The van der Waals surface area contributed by atoms with E-state index in [1.165, 1.54) is 6.07 Å². The average molecular weight is 353 g/mol. The van der Waals surface area contributed by atoms with Crippen LogP contribution in [0.15, 0.2) is 48.8 Å². The van der Waals surface area contributed by atoms with E-state index in [2.05, 4.69) is 23.7 Å². The summed E-state index contributed by atoms with van der Waals surface area (Å²) in [6, 6.07) is 10.8. The van der Waals surface area contributed by atoms with Crippen molar-refractivity contribution < 1.29 is 9.18 Å². The summed E-state index contributed by atoms with van der Waals surface area (Å²) in [7, 11) is 0. The van der Waals surface area contributed by atoms with Gasteiger partial charge in [0.2, 0.25) is 0 Å². The lowest BCUT2D eigenvalue weighted by molar-refractivity contribution is 0.0667. The number of benzene rings is 1. The van der Waals surface area contributed by atoms with Crippen molar-refractivity contribution in [1.82, 2.24) is 9.88 Å². The van der Waals surface area contributed by atoms with Gasteiger partial charge < -0.3 is 9.80 Å². The van der Waals surface area contributed by atoms with Crippen LogP contribution in [0.1, 0.15) is 37.0 Å². The first-order valence-corrected chi connectivity index (χ1v) is 9.20. The van der Waals surface area contributed by atoms with Crippen molar-refractivity contribution in [3.8, 4) is 0 Å². The van der Waals surface area contributed by atoms with Crippen molar-refractivity contribution in [2.75, 3.05) is 18.0 Å². The van der Waals surface area contributed by atoms with E-state index in [-0.39, 0.29) is 17.3 Å². The molecule has 2 fully saturated rings. The normalized spacial score (nSPS) is 24.4. The van der Waals surface area contributed by atoms with E-state index in [4.69, 9.17) is 0 Å². The summed E-state index contributed by atoms with van der Waals surface area (Å²) < 4.78 is 13.8. The molecule has 0 bridgehead atoms. The highest BCUT2D eigenvalue weighted by atomic mass is 19.1. The second-order valence-electron chi connectivity index (χ2n) is 7.98. The predicted octanol–water partition coefficient (Wildman–Crippen LogP) is 3.74. The third-order valence-electron chi connectivity index (χ3n) is 5.72. The van der Waals surface area contributed by atoms with Crippen LogP contribution in [0.5, 0.6) is 0 Å². The molecule has 2 saturated heterocycles. The molecule has 3 heterocycles. The third-order valence-corrected chi connectivity index (χ3v) is 5.72. The summed E-state index contributed by atoms with van der Waals surface area (Å²) in [6.45, 7) is 5.89. The number of fused-ring (bicyclic) bond motifs is 1. The molecular weight excluding hydrogens is 329 g/mol. The SMILES string of the molecule is CC1(C)C[C@@H]2CN(C(=O)c3cccnc3)CC[C@@H]2N1c1cccc(F)c1. The van der Waals surface area contributed by atoms with Crippen molar-refractivity contribution in [3.63, 3.8) is 0 Å². The summed E-state index contributed by atoms with van der Waals surface area (Å²) >= 11 is 0. The van der Waals surface area contributed by atoms with E-state index >= 15 is 0 Å². The molecule has 2 atom stereocenters. The van der Waals surface area contributed by atoms with E-state index in [0.29, 0.717) is 17.5 Å². The van der Waals surface area contributed by atoms with Gasteiger partial charge in [-0.25, -0.2) is 4.39 Å². The Morgan fingerprint density at radius 1 is 1.27 bits per heavy atom. The van der Waals surface area contributed by atoms with Gasteiger partial charge in [-0.1, -0.05) is 6.07 Å². The number of anilines is 1. The molecule has 26 heavy (non-hydrogen) atoms. The monoisotopic (exact) mass is 353 g/mol. The van der Waals surface area contributed by atoms with Gasteiger partial charge in [0.05, 0.1) is 5.56 Å². The Kier molecular flexibility index (Phi) is 4.17. The smallest absolute Gasteiger partial charge is 0.255 e. The maximum Gasteiger partial charge on any atom is 0.255 e. The first-order valence-electron chi connectivity index (χ1n) is 9.20. The molecule has 0 saturated carbocycles. The van der Waals surface area contributed by atoms with Gasteiger partial charge in [0, 0.05) is 42.8 Å². The molecule has 1 amide bonds. The first kappa shape index (κ1) is 17.0. The molecule has 136 valence electrons. The largest absolute Gasteiger partial charge is 0.363 e. The van der Waals surface area contributed by atoms with Crippen LogP contribution >= 0.6 is 0 Å². The van der Waals surface area contributed by atoms with Gasteiger partial charge in [-0.3, -0.25) is 9.78 Å². The molecule has 0 N–H and O–H groups in total. The number of hydrogen-bond acceptors (Lipinski definition) is 3. The van der Waals surface area contributed by atoms with Crippen LogP contribution in [0, 0.1) is 11.7 Å². The number of hydrogen-bond donors (Lipinski definition) is 0. The quantitative estimate of drug-likeness (QED) is 0.825. The minimum absolute atomic E-state index is 0.0542. The molecular formula is C21H24FN3O. The van der Waals surface area contributed by atoms with Crippen LogP contribution in [-0.4, -0.2) is 40.5 Å². The Balaban J connectivity index is 1.56. The summed E-state index contributed by atoms with van der Waals surface area (Å²) in [5, 5.41) is 0. The van der Waals surface area contributed by atoms with Gasteiger partial charge in [-0.15, -0.1) is 0 Å². The van der Waals surface area contributed by atoms with Crippen LogP contribution in [0.4, 0.5) is 10.1 Å². The number of aromatic nitrogens is 1. The van der Waals surface area contributed by atoms with E-state index in [0.717, 1.165) is 31.6 Å². The Morgan fingerprint density at radius 2 is 2.12 bits per heavy atom. The molecule has 2 aliphatic heterocycles. The maximum atomic E-state index is 13.8. The number of carbonyl (C=O) groups excluding carboxylic acids is 1. The molecule has 4 nitrogen and oxygen atoms in total. The molecule has 0 unspecified atom stereocenters. The van der Waals surface area contributed by atoms with E-state index < -0.39 is 0 Å². The number of likely N-dealkylation sites (tertiary alicyclic amines) is 1. The lowest BCUT2D eigenvalue weighted by Gasteiger charge is -2.41. The van der Waals surface area contributed by atoms with Crippen molar-refractivity contribution in [2.45, 2.75) is 38.3 Å². The topological polar surface area (TPSA) is 36.4 Å². The lowest BCUT2D eigenvalue weighted by Crippen LogP contribution is -2.50. The number of carbonyl (C=O) groups is 1. The van der Waals surface area contributed by atoms with Gasteiger partial charge in [0.15, 0.2) is 0 Å². The van der Waals surface area contributed by atoms with Crippen LogP contribution < -0.4 is 4.90 Å². The number of halogens is 1. The highest BCUT2D eigenvalue weighted by Gasteiger charge is 2.48. The Labute approximate surface area is 153 Å². The minimum atomic E-state index is -0.203. The van der Waals surface area contributed by atoms with E-state index in [1.807, 2.05) is 17.0 Å². The fourth-order valence-electron chi connectivity index (χ4n) is 4.77. The Hall–Kier alpha value is -2.43. The van der Waals surface area contributed by atoms with Gasteiger partial charge in [-0.05, 0) is 62.9 Å². The van der Waals surface area contributed by atoms with Crippen molar-refractivity contribution in [2.24, 2.45) is 5.92 Å². The predicted molar refractivity (Wildman–Crippen MR) is 99.6 cm³/mol. The van der Waals surface area contributed by atoms with Gasteiger partial charge in [0.25, 0.3) is 5.91 Å². The van der Waals surface area contributed by atoms with E-state index in [1.54, 1.807) is 30.6 Å². The van der Waals surface area contributed by atoms with Crippen LogP contribution in [0.25, 0.3) is 0 Å². The number of rotatable bonds is 2. The van der Waals surface area contributed by atoms with Crippen LogP contribution in [-0.2, 0) is 0 Å². The fourth-order valence-corrected chi connectivity index (χ4v) is 4.77. The second-order valence-corrected chi connectivity index (χ2v) is 7.98. The average Bonchev–Trinajstić information content (AvgIpc) is 2.90. The van der Waals surface area contributed by atoms with Gasteiger partial charge in [0.1, 0.15) is 5.82 Å². The lowest BCUT2D eigenvalue weighted by atomic mass is 9.89. The molecule has 2 aliphatic rings. The number of amides is 1. The van der Waals surface area contributed by atoms with Crippen molar-refractivity contribution >= 4 is 11.6 Å². The number of pyridine rings is 1. The number of nitrogens with zero attached hydrogens (tertiary/aromatic N) is 3. The molecule has 5 heteroatoms. The molecule has 1 aromatic carbocycles. The standard InChI is InChI=1S/C21H24FN3O/c1-21(2)12-16-14-24(20(26)15-5-4-9-23-13-15)10-8-19(16)25(21)18-7-3-6-17(22)11-18/h3-7,9,11,13,16,19H,8,10,12,14H2,1-2H3/t16-,19+/m1/s1. The zero-order chi connectivity index (χ0) is 18.3. The molecule has 0 aliphatic carbocycles. The highest BCUT2D eigenvalue weighted by Crippen LogP contribution is 2.44. The maximum absolute atomic E-state index is 13.8. The molecule has 0 radical (unpaired) electrons. The summed E-state index contributed by atoms with van der Waals surface area (Å²) in [5.74, 6) is 0.243. The zero-order valence-electron chi connectivity index (χ0n) is 15.2. The van der Waals surface area contributed by atoms with Crippen molar-refractivity contribution in [1.29, 1.82) is 0 Å². The number of piperidine rings is 1. The van der Waals surface area contributed by atoms with Crippen molar-refractivity contribution in [3.05, 3.63) is 60.2 Å². The molecule has 2 aromatic rings. The second kappa shape index (κ2) is 6.38. The summed E-state index contributed by atoms with van der Waals surface area (Å²) in [5.41, 5.74) is 1.52. The van der Waals surface area contributed by atoms with Crippen LogP contribution in [0.3, 0.4) is 0 Å². The molecule has 0 spiro atoms. The zero-order valence-corrected chi connectivity index (χ0v) is 15.2. The van der Waals surface area contributed by atoms with E-state index in [9.17, 15) is 9.18 Å². The molecule has 1 aromatic heterocycles. The highest BCUT2D eigenvalue weighted by molar-refractivity contribution is 5.94. The van der Waals surface area contributed by atoms with Gasteiger partial charge >= 0.3 is 0 Å². The van der Waals surface area contributed by atoms with Gasteiger partial charge in [-0.2, -0.15) is 0 Å². The summed E-state index contributed by atoms with van der Waals surface area (Å²) in [6.07, 6.45) is 5.20. The first-order chi connectivity index (χ1) is 12.5. The summed E-state index contributed by atoms with van der Waals surface area (Å²) in [4.78, 5) is 21.1. The Morgan fingerprint density at radius 3 is 2.85 bits per heavy atom. The Bertz CT molecular complexity index is 808. The molecule has 4 rings (SSSR count). The minimum Gasteiger partial charge on any atom is -0.363 e. The third kappa shape index (κ3) is 2.96.